The van der Waals surface area contributed by atoms with Crippen LogP contribution in [0.2, 0.25) is 0 Å². The van der Waals surface area contributed by atoms with Crippen molar-refractivity contribution in [3.05, 3.63) is 119 Å². The molecule has 0 heterocycles. The second-order valence-electron chi connectivity index (χ2n) is 14.5. The average molecular weight is 675 g/mol. The van der Waals surface area contributed by atoms with E-state index in [0.29, 0.717) is 12.0 Å². The van der Waals surface area contributed by atoms with Gasteiger partial charge in [-0.25, -0.2) is 0 Å². The molecule has 258 valence electrons. The molecule has 4 unspecified atom stereocenters. The fourth-order valence-electron chi connectivity index (χ4n) is 9.95. The molecule has 50 heavy (non-hydrogen) atoms. The Kier molecular flexibility index (Phi) is 8.83. The first-order valence-corrected chi connectivity index (χ1v) is 17.6. The molecule has 0 aliphatic heterocycles. The van der Waals surface area contributed by atoms with Crippen LogP contribution in [0.5, 0.6) is 0 Å². The van der Waals surface area contributed by atoms with E-state index in [0.717, 1.165) is 16.7 Å². The van der Waals surface area contributed by atoms with E-state index in [1.54, 1.807) is 13.0 Å². The summed E-state index contributed by atoms with van der Waals surface area (Å²) in [5.74, 6) is -2.72. The van der Waals surface area contributed by atoms with Crippen LogP contribution >= 0.6 is 0 Å². The summed E-state index contributed by atoms with van der Waals surface area (Å²) in [5, 5.41) is 0. The molecule has 3 aromatic carbocycles. The Balaban J connectivity index is 1.37. The van der Waals surface area contributed by atoms with Gasteiger partial charge in [-0.3, -0.25) is 24.0 Å². The molecule has 3 aromatic rings. The molecule has 3 fully saturated rings. The van der Waals surface area contributed by atoms with E-state index in [-0.39, 0.29) is 76.3 Å². The molecule has 0 aromatic heterocycles. The molecule has 3 saturated carbocycles. The van der Waals surface area contributed by atoms with Gasteiger partial charge >= 0.3 is 17.9 Å². The van der Waals surface area contributed by atoms with Crippen molar-refractivity contribution < 1.29 is 38.2 Å². The van der Waals surface area contributed by atoms with Gasteiger partial charge in [-0.05, 0) is 72.8 Å². The Morgan fingerprint density at radius 3 is 1.70 bits per heavy atom. The van der Waals surface area contributed by atoms with Gasteiger partial charge in [0.25, 0.3) is 0 Å². The summed E-state index contributed by atoms with van der Waals surface area (Å²) < 4.78 is 18.4. The number of Topliss-reactive ketones (excluding diaryl/α,β-unsaturated/α-hetero) is 1. The molecule has 4 aliphatic carbocycles. The quantitative estimate of drug-likeness (QED) is 0.176. The maximum absolute atomic E-state index is 15.2. The molecule has 0 spiro atoms. The molecule has 0 radical (unpaired) electrons. The third kappa shape index (κ3) is 5.14. The standard InChI is InChI=1S/C42H42O8/c1-39-21-19-34-40(36(45)48-26-29-11-5-2-6-12-29)22-18-33(43)25-32(40)17-23-41(34,37(46)49-27-30-13-7-3-8-14-30)42(39,24-20-35(39)44)38(47)50-28-31-15-9-4-10-16-31/h2-16,25,34H,17-24,26-28H2,1H3/t34?,39-,40?,41?,42?/m1/s1. The predicted octanol–water partition coefficient (Wildman–Crippen LogP) is 7.04. The summed E-state index contributed by atoms with van der Waals surface area (Å²) >= 11 is 0. The highest BCUT2D eigenvalue weighted by Gasteiger charge is 2.82. The Morgan fingerprint density at radius 2 is 1.14 bits per heavy atom. The zero-order valence-corrected chi connectivity index (χ0v) is 28.4. The highest BCUT2D eigenvalue weighted by Crippen LogP contribution is 2.76. The summed E-state index contributed by atoms with van der Waals surface area (Å²) in [6.07, 6.45) is 2.88. The number of hydrogen-bond donors (Lipinski definition) is 0. The zero-order chi connectivity index (χ0) is 35.0. The summed E-state index contributed by atoms with van der Waals surface area (Å²) in [6, 6.07) is 27.9. The molecule has 0 N–H and O–H groups in total. The zero-order valence-electron chi connectivity index (χ0n) is 28.4. The van der Waals surface area contributed by atoms with Crippen LogP contribution in [0.3, 0.4) is 0 Å². The summed E-state index contributed by atoms with van der Waals surface area (Å²) in [7, 11) is 0. The van der Waals surface area contributed by atoms with E-state index in [1.165, 1.54) is 0 Å². The number of esters is 3. The molecular formula is C42H42O8. The molecule has 4 aliphatic rings. The SMILES string of the molecule is C[C@]12CCC3C4(C(=O)OCc5ccccc5)CCC(=O)C=C4CCC3(C(=O)OCc3ccccc3)C1(C(=O)OCc1ccccc1)CCC2=O. The van der Waals surface area contributed by atoms with Gasteiger partial charge < -0.3 is 14.2 Å². The Hall–Kier alpha value is -4.85. The monoisotopic (exact) mass is 674 g/mol. The Morgan fingerprint density at radius 1 is 0.620 bits per heavy atom. The van der Waals surface area contributed by atoms with Gasteiger partial charge in [0.2, 0.25) is 0 Å². The summed E-state index contributed by atoms with van der Waals surface area (Å²) in [4.78, 5) is 71.9. The lowest BCUT2D eigenvalue weighted by molar-refractivity contribution is -0.230. The third-order valence-corrected chi connectivity index (χ3v) is 12.3. The van der Waals surface area contributed by atoms with Gasteiger partial charge in [-0.1, -0.05) is 97.9 Å². The van der Waals surface area contributed by atoms with Crippen LogP contribution in [-0.2, 0) is 58.0 Å². The minimum absolute atomic E-state index is 0.0152. The topological polar surface area (TPSA) is 113 Å². The summed E-state index contributed by atoms with van der Waals surface area (Å²) in [5.41, 5.74) is -2.85. The van der Waals surface area contributed by atoms with Crippen molar-refractivity contribution in [1.29, 1.82) is 0 Å². The lowest BCUT2D eigenvalue weighted by atomic mass is 9.35. The van der Waals surface area contributed by atoms with E-state index >= 15 is 4.79 Å². The van der Waals surface area contributed by atoms with Gasteiger partial charge in [0, 0.05) is 18.3 Å². The van der Waals surface area contributed by atoms with E-state index < -0.39 is 45.5 Å². The van der Waals surface area contributed by atoms with Crippen molar-refractivity contribution in [1.82, 2.24) is 0 Å². The largest absolute Gasteiger partial charge is 0.460 e. The molecule has 5 atom stereocenters. The van der Waals surface area contributed by atoms with Crippen molar-refractivity contribution in [3.8, 4) is 0 Å². The number of fused-ring (bicyclic) bond motifs is 5. The van der Waals surface area contributed by atoms with Crippen LogP contribution in [0.1, 0.15) is 75.0 Å². The van der Waals surface area contributed by atoms with Crippen molar-refractivity contribution in [2.45, 2.75) is 78.1 Å². The van der Waals surface area contributed by atoms with E-state index in [2.05, 4.69) is 0 Å². The number of benzene rings is 3. The van der Waals surface area contributed by atoms with Crippen LogP contribution in [0.15, 0.2) is 103 Å². The lowest BCUT2D eigenvalue weighted by Gasteiger charge is -2.65. The highest BCUT2D eigenvalue weighted by molar-refractivity contribution is 6.02. The molecule has 8 heteroatoms. The molecule has 0 bridgehead atoms. The van der Waals surface area contributed by atoms with Crippen molar-refractivity contribution in [2.24, 2.45) is 27.6 Å². The number of carbonyl (C=O) groups is 5. The highest BCUT2D eigenvalue weighted by atomic mass is 16.5. The second-order valence-corrected chi connectivity index (χ2v) is 14.5. The van der Waals surface area contributed by atoms with Crippen molar-refractivity contribution in [2.75, 3.05) is 0 Å². The van der Waals surface area contributed by atoms with Crippen LogP contribution in [0.4, 0.5) is 0 Å². The number of rotatable bonds is 9. The van der Waals surface area contributed by atoms with Crippen molar-refractivity contribution >= 4 is 29.5 Å². The lowest BCUT2D eigenvalue weighted by Crippen LogP contribution is -2.71. The Bertz CT molecular complexity index is 1830. The second kappa shape index (κ2) is 13.1. The first-order chi connectivity index (χ1) is 24.2. The summed E-state index contributed by atoms with van der Waals surface area (Å²) in [6.45, 7) is 1.74. The van der Waals surface area contributed by atoms with Crippen LogP contribution in [0, 0.1) is 27.6 Å². The van der Waals surface area contributed by atoms with Gasteiger partial charge in [0.1, 0.15) is 25.6 Å². The molecule has 8 nitrogen and oxygen atoms in total. The number of carbonyl (C=O) groups excluding carboxylic acids is 5. The molecule has 0 amide bonds. The van der Waals surface area contributed by atoms with Gasteiger partial charge in [-0.2, -0.15) is 0 Å². The van der Waals surface area contributed by atoms with Crippen LogP contribution in [0.25, 0.3) is 0 Å². The molecule has 0 saturated heterocycles. The van der Waals surface area contributed by atoms with Gasteiger partial charge in [0.15, 0.2) is 5.78 Å². The number of hydrogen-bond acceptors (Lipinski definition) is 8. The maximum atomic E-state index is 15.2. The predicted molar refractivity (Wildman–Crippen MR) is 183 cm³/mol. The van der Waals surface area contributed by atoms with Gasteiger partial charge in [-0.15, -0.1) is 0 Å². The average Bonchev–Trinajstić information content (AvgIpc) is 3.43. The van der Waals surface area contributed by atoms with Crippen LogP contribution in [-0.4, -0.2) is 29.5 Å². The Labute approximate surface area is 292 Å². The van der Waals surface area contributed by atoms with Gasteiger partial charge in [0.05, 0.1) is 16.2 Å². The maximum Gasteiger partial charge on any atom is 0.316 e. The first-order valence-electron chi connectivity index (χ1n) is 17.6. The number of ketones is 2. The fraction of sp³-hybridized carbons (Fsp3) is 0.405. The smallest absolute Gasteiger partial charge is 0.316 e. The third-order valence-electron chi connectivity index (χ3n) is 12.3. The van der Waals surface area contributed by atoms with E-state index in [1.807, 2.05) is 91.0 Å². The minimum Gasteiger partial charge on any atom is -0.460 e. The van der Waals surface area contributed by atoms with Crippen LogP contribution < -0.4 is 0 Å². The van der Waals surface area contributed by atoms with Crippen molar-refractivity contribution in [3.63, 3.8) is 0 Å². The fourth-order valence-corrected chi connectivity index (χ4v) is 9.95. The van der Waals surface area contributed by atoms with E-state index in [4.69, 9.17) is 14.2 Å². The normalized spacial score (nSPS) is 29.9. The first kappa shape index (κ1) is 33.6. The molecule has 7 rings (SSSR count). The molecular weight excluding hydrogens is 632 g/mol. The number of ether oxygens (including phenoxy) is 3. The van der Waals surface area contributed by atoms with E-state index in [9.17, 15) is 19.2 Å². The minimum atomic E-state index is -1.61.